The Hall–Kier alpha value is -1.73. The van der Waals surface area contributed by atoms with E-state index in [1.165, 1.54) is 36.2 Å². The minimum absolute atomic E-state index is 0.391. The predicted octanol–water partition coefficient (Wildman–Crippen LogP) is 2.49. The summed E-state index contributed by atoms with van der Waals surface area (Å²) in [5.41, 5.74) is 0.993. The maximum absolute atomic E-state index is 12.2. The largest absolute Gasteiger partial charge is 0.248 e. The van der Waals surface area contributed by atoms with Crippen LogP contribution in [-0.2, 0) is 23.1 Å². The Kier molecular flexibility index (Phi) is 4.37. The summed E-state index contributed by atoms with van der Waals surface area (Å²) in [7, 11) is -3.28. The highest BCUT2D eigenvalue weighted by Gasteiger charge is 2.34. The van der Waals surface area contributed by atoms with Crippen LogP contribution in [0.5, 0.6) is 0 Å². The zero-order chi connectivity index (χ0) is 17.4. The first-order valence-corrected chi connectivity index (χ1v) is 10.8. The van der Waals surface area contributed by atoms with Gasteiger partial charge < -0.3 is 0 Å². The molecule has 0 atom stereocenters. The summed E-state index contributed by atoms with van der Waals surface area (Å²) in [6.07, 6.45) is 5.97. The van der Waals surface area contributed by atoms with Gasteiger partial charge in [0.1, 0.15) is 5.82 Å². The number of aromatic nitrogens is 3. The molecule has 1 aromatic carbocycles. The maximum Gasteiger partial charge on any atom is 0.211 e. The van der Waals surface area contributed by atoms with Crippen LogP contribution < -0.4 is 0 Å². The molecule has 0 saturated heterocycles. The molecule has 0 unspecified atom stereocenters. The first-order valence-electron chi connectivity index (χ1n) is 8.94. The zero-order valence-electron chi connectivity index (χ0n) is 14.5. The van der Waals surface area contributed by atoms with E-state index in [0.717, 1.165) is 17.2 Å². The molecule has 2 saturated carbocycles. The molecule has 0 amide bonds. The van der Waals surface area contributed by atoms with Crippen LogP contribution in [-0.4, -0.2) is 40.3 Å². The van der Waals surface area contributed by atoms with Gasteiger partial charge in [0, 0.05) is 24.9 Å². The molecule has 2 aliphatic rings. The van der Waals surface area contributed by atoms with Gasteiger partial charge in [-0.25, -0.2) is 18.1 Å². The van der Waals surface area contributed by atoms with Crippen molar-refractivity contribution >= 4 is 10.0 Å². The van der Waals surface area contributed by atoms with E-state index in [-0.39, 0.29) is 0 Å². The first kappa shape index (κ1) is 16.7. The van der Waals surface area contributed by atoms with Crippen LogP contribution in [0, 0.1) is 0 Å². The minimum Gasteiger partial charge on any atom is -0.248 e. The summed E-state index contributed by atoms with van der Waals surface area (Å²) in [5, 5.41) is 4.68. The van der Waals surface area contributed by atoms with E-state index in [1.807, 2.05) is 35.0 Å². The Morgan fingerprint density at radius 3 is 2.40 bits per heavy atom. The monoisotopic (exact) mass is 360 g/mol. The van der Waals surface area contributed by atoms with Crippen LogP contribution in [0.15, 0.2) is 30.3 Å². The molecule has 7 heteroatoms. The van der Waals surface area contributed by atoms with E-state index in [1.54, 1.807) is 0 Å². The van der Waals surface area contributed by atoms with Crippen LogP contribution in [0.2, 0.25) is 0 Å². The molecular formula is C18H24N4O2S. The third kappa shape index (κ3) is 4.10. The van der Waals surface area contributed by atoms with Gasteiger partial charge in [-0.1, -0.05) is 30.3 Å². The fourth-order valence-electron chi connectivity index (χ4n) is 3.05. The fourth-order valence-corrected chi connectivity index (χ4v) is 3.85. The Labute approximate surface area is 148 Å². The SMILES string of the molecule is CS(=O)(=O)N(CCn1nc(C2CC2)nc1C1CC1)Cc1ccccc1. The van der Waals surface area contributed by atoms with Gasteiger partial charge in [0.25, 0.3) is 0 Å². The molecule has 2 fully saturated rings. The number of sulfonamides is 1. The van der Waals surface area contributed by atoms with E-state index in [4.69, 9.17) is 4.98 Å². The van der Waals surface area contributed by atoms with Crippen molar-refractivity contribution < 1.29 is 8.42 Å². The number of nitrogens with zero attached hydrogens (tertiary/aromatic N) is 4. The van der Waals surface area contributed by atoms with Crippen molar-refractivity contribution in [2.45, 2.75) is 50.6 Å². The molecule has 0 N–H and O–H groups in total. The molecule has 4 rings (SSSR count). The summed E-state index contributed by atoms with van der Waals surface area (Å²) in [5.74, 6) is 3.04. The van der Waals surface area contributed by atoms with E-state index in [0.29, 0.717) is 31.5 Å². The summed E-state index contributed by atoms with van der Waals surface area (Å²) in [4.78, 5) is 4.74. The molecular weight excluding hydrogens is 336 g/mol. The second kappa shape index (κ2) is 6.53. The highest BCUT2D eigenvalue weighted by atomic mass is 32.2. The van der Waals surface area contributed by atoms with E-state index in [9.17, 15) is 8.42 Å². The fraction of sp³-hybridized carbons (Fsp3) is 0.556. The van der Waals surface area contributed by atoms with Crippen molar-refractivity contribution in [2.75, 3.05) is 12.8 Å². The van der Waals surface area contributed by atoms with Gasteiger partial charge in [-0.05, 0) is 31.2 Å². The lowest BCUT2D eigenvalue weighted by Crippen LogP contribution is -2.33. The van der Waals surface area contributed by atoms with Gasteiger partial charge in [-0.3, -0.25) is 0 Å². The molecule has 2 aromatic rings. The van der Waals surface area contributed by atoms with E-state index >= 15 is 0 Å². The molecule has 25 heavy (non-hydrogen) atoms. The van der Waals surface area contributed by atoms with Crippen LogP contribution in [0.25, 0.3) is 0 Å². The molecule has 0 bridgehead atoms. The van der Waals surface area contributed by atoms with Crippen molar-refractivity contribution in [3.63, 3.8) is 0 Å². The highest BCUT2D eigenvalue weighted by molar-refractivity contribution is 7.88. The van der Waals surface area contributed by atoms with E-state index in [2.05, 4.69) is 5.10 Å². The number of benzene rings is 1. The topological polar surface area (TPSA) is 68.1 Å². The normalized spacial score (nSPS) is 18.0. The smallest absolute Gasteiger partial charge is 0.211 e. The lowest BCUT2D eigenvalue weighted by Gasteiger charge is -2.20. The molecule has 0 spiro atoms. The minimum atomic E-state index is -3.28. The molecule has 0 aliphatic heterocycles. The Morgan fingerprint density at radius 2 is 1.80 bits per heavy atom. The van der Waals surface area contributed by atoms with Crippen LogP contribution in [0.1, 0.15) is 54.7 Å². The molecule has 6 nitrogen and oxygen atoms in total. The van der Waals surface area contributed by atoms with Gasteiger partial charge in [-0.2, -0.15) is 9.40 Å². The maximum atomic E-state index is 12.2. The highest BCUT2D eigenvalue weighted by Crippen LogP contribution is 2.42. The third-order valence-corrected chi connectivity index (χ3v) is 6.08. The van der Waals surface area contributed by atoms with Crippen molar-refractivity contribution in [1.29, 1.82) is 0 Å². The van der Waals surface area contributed by atoms with Crippen molar-refractivity contribution in [3.05, 3.63) is 47.5 Å². The second-order valence-electron chi connectivity index (χ2n) is 7.18. The van der Waals surface area contributed by atoms with Gasteiger partial charge in [0.15, 0.2) is 5.82 Å². The molecule has 1 heterocycles. The Morgan fingerprint density at radius 1 is 1.12 bits per heavy atom. The Bertz CT molecular complexity index is 839. The van der Waals surface area contributed by atoms with Crippen molar-refractivity contribution in [3.8, 4) is 0 Å². The average molecular weight is 360 g/mol. The zero-order valence-corrected chi connectivity index (χ0v) is 15.3. The molecule has 0 radical (unpaired) electrons. The average Bonchev–Trinajstić information content (AvgIpc) is 3.49. The summed E-state index contributed by atoms with van der Waals surface area (Å²) >= 11 is 0. The summed E-state index contributed by atoms with van der Waals surface area (Å²) in [6, 6.07) is 9.70. The predicted molar refractivity (Wildman–Crippen MR) is 95.7 cm³/mol. The number of hydrogen-bond donors (Lipinski definition) is 0. The van der Waals surface area contributed by atoms with Gasteiger partial charge in [-0.15, -0.1) is 0 Å². The van der Waals surface area contributed by atoms with Crippen molar-refractivity contribution in [1.82, 2.24) is 19.1 Å². The third-order valence-electron chi connectivity index (χ3n) is 4.83. The second-order valence-corrected chi connectivity index (χ2v) is 9.16. The standard InChI is InChI=1S/C18H24N4O2S/c1-25(23,24)21(13-14-5-3-2-4-6-14)11-12-22-18(16-9-10-16)19-17(20-22)15-7-8-15/h2-6,15-16H,7-13H2,1H3. The quantitative estimate of drug-likeness (QED) is 0.725. The molecule has 1 aromatic heterocycles. The lowest BCUT2D eigenvalue weighted by atomic mass is 10.2. The van der Waals surface area contributed by atoms with E-state index < -0.39 is 10.0 Å². The summed E-state index contributed by atoms with van der Waals surface area (Å²) in [6.45, 7) is 1.37. The van der Waals surface area contributed by atoms with Gasteiger partial charge in [0.2, 0.25) is 10.0 Å². The number of hydrogen-bond acceptors (Lipinski definition) is 4. The molecule has 134 valence electrons. The van der Waals surface area contributed by atoms with Crippen LogP contribution in [0.3, 0.4) is 0 Å². The lowest BCUT2D eigenvalue weighted by molar-refractivity contribution is 0.377. The first-order chi connectivity index (χ1) is 12.0. The van der Waals surface area contributed by atoms with Gasteiger partial charge >= 0.3 is 0 Å². The Balaban J connectivity index is 1.49. The molecule has 2 aliphatic carbocycles. The van der Waals surface area contributed by atoms with Crippen molar-refractivity contribution in [2.24, 2.45) is 0 Å². The van der Waals surface area contributed by atoms with Crippen LogP contribution in [0.4, 0.5) is 0 Å². The van der Waals surface area contributed by atoms with Gasteiger partial charge in [0.05, 0.1) is 12.8 Å². The number of rotatable bonds is 8. The summed E-state index contributed by atoms with van der Waals surface area (Å²) < 4.78 is 27.9. The van der Waals surface area contributed by atoms with Crippen LogP contribution >= 0.6 is 0 Å².